The number of amides is 2. The molecule has 1 heterocycles. The van der Waals surface area contributed by atoms with Gasteiger partial charge in [0, 0.05) is 25.6 Å². The van der Waals surface area contributed by atoms with Crippen LogP contribution in [-0.2, 0) is 9.53 Å². The molecule has 132 valence electrons. The number of carbonyl (C=O) groups is 2. The topological polar surface area (TPSA) is 67.9 Å². The number of likely N-dealkylation sites (tertiary alicyclic amines) is 1. The maximum absolute atomic E-state index is 12.2. The van der Waals surface area contributed by atoms with Crippen molar-refractivity contribution in [3.8, 4) is 5.75 Å². The van der Waals surface area contributed by atoms with Gasteiger partial charge >= 0.3 is 6.09 Å². The number of para-hydroxylation sites is 1. The molecule has 0 unspecified atom stereocenters. The average Bonchev–Trinajstić information content (AvgIpc) is 2.60. The standard InChI is InChI=1S/C18H26N2O4/c1-14-6-3-4-7-16(14)24-13-5-8-17(21)20-11-9-15(10-12-20)19-18(22)23-2/h3-4,6-7,15H,5,8-13H2,1-2H3,(H,19,22). The number of ether oxygens (including phenoxy) is 2. The Morgan fingerprint density at radius 1 is 1.25 bits per heavy atom. The highest BCUT2D eigenvalue weighted by Crippen LogP contribution is 2.17. The van der Waals surface area contributed by atoms with Crippen molar-refractivity contribution in [2.24, 2.45) is 0 Å². The van der Waals surface area contributed by atoms with E-state index in [0.29, 0.717) is 32.5 Å². The van der Waals surface area contributed by atoms with Crippen LogP contribution in [0.15, 0.2) is 24.3 Å². The maximum Gasteiger partial charge on any atom is 0.407 e. The van der Waals surface area contributed by atoms with Crippen LogP contribution in [0.4, 0.5) is 4.79 Å². The van der Waals surface area contributed by atoms with E-state index in [1.807, 2.05) is 36.1 Å². The van der Waals surface area contributed by atoms with Gasteiger partial charge in [0.2, 0.25) is 5.91 Å². The van der Waals surface area contributed by atoms with Crippen molar-refractivity contribution in [2.45, 2.75) is 38.6 Å². The molecule has 6 nitrogen and oxygen atoms in total. The molecule has 1 aliphatic rings. The van der Waals surface area contributed by atoms with Crippen LogP contribution in [0.25, 0.3) is 0 Å². The number of benzene rings is 1. The smallest absolute Gasteiger partial charge is 0.407 e. The third-order valence-corrected chi connectivity index (χ3v) is 4.24. The number of methoxy groups -OCH3 is 1. The SMILES string of the molecule is COC(=O)NC1CCN(C(=O)CCCOc2ccccc2C)CC1. The van der Waals surface area contributed by atoms with E-state index in [4.69, 9.17) is 4.74 Å². The lowest BCUT2D eigenvalue weighted by Crippen LogP contribution is -2.46. The summed E-state index contributed by atoms with van der Waals surface area (Å²) in [5, 5.41) is 2.78. The molecule has 1 saturated heterocycles. The van der Waals surface area contributed by atoms with Crippen LogP contribution in [0.5, 0.6) is 5.75 Å². The second-order valence-corrected chi connectivity index (χ2v) is 6.01. The number of aryl methyl sites for hydroxylation is 1. The zero-order chi connectivity index (χ0) is 17.4. The number of piperidine rings is 1. The molecule has 1 N–H and O–H groups in total. The van der Waals surface area contributed by atoms with Crippen molar-refractivity contribution >= 4 is 12.0 Å². The summed E-state index contributed by atoms with van der Waals surface area (Å²) in [4.78, 5) is 25.3. The molecule has 0 atom stereocenters. The summed E-state index contributed by atoms with van der Waals surface area (Å²) in [6.07, 6.45) is 2.31. The fourth-order valence-corrected chi connectivity index (χ4v) is 2.78. The number of hydrogen-bond acceptors (Lipinski definition) is 4. The van der Waals surface area contributed by atoms with E-state index in [2.05, 4.69) is 10.1 Å². The zero-order valence-corrected chi connectivity index (χ0v) is 14.4. The predicted octanol–water partition coefficient (Wildman–Crippen LogP) is 2.50. The first-order valence-corrected chi connectivity index (χ1v) is 8.41. The first-order chi connectivity index (χ1) is 11.6. The minimum Gasteiger partial charge on any atom is -0.493 e. The molecule has 0 aromatic heterocycles. The molecule has 1 aliphatic heterocycles. The van der Waals surface area contributed by atoms with Crippen LogP contribution in [0.1, 0.15) is 31.2 Å². The number of nitrogens with zero attached hydrogens (tertiary/aromatic N) is 1. The molecule has 1 aromatic carbocycles. The zero-order valence-electron chi connectivity index (χ0n) is 14.4. The first kappa shape index (κ1) is 18.1. The van der Waals surface area contributed by atoms with Gasteiger partial charge in [0.05, 0.1) is 13.7 Å². The highest BCUT2D eigenvalue weighted by molar-refractivity contribution is 5.76. The molecule has 24 heavy (non-hydrogen) atoms. The van der Waals surface area contributed by atoms with E-state index in [0.717, 1.165) is 24.2 Å². The van der Waals surface area contributed by atoms with Crippen LogP contribution in [0.2, 0.25) is 0 Å². The Hall–Kier alpha value is -2.24. The summed E-state index contributed by atoms with van der Waals surface area (Å²) in [5.41, 5.74) is 1.10. The average molecular weight is 334 g/mol. The van der Waals surface area contributed by atoms with Crippen LogP contribution in [0.3, 0.4) is 0 Å². The van der Waals surface area contributed by atoms with Gasteiger partial charge in [0.1, 0.15) is 5.75 Å². The summed E-state index contributed by atoms with van der Waals surface area (Å²) in [5.74, 6) is 1.03. The van der Waals surface area contributed by atoms with E-state index in [1.54, 1.807) is 0 Å². The summed E-state index contributed by atoms with van der Waals surface area (Å²) in [6, 6.07) is 7.96. The van der Waals surface area contributed by atoms with Gasteiger partial charge in [-0.25, -0.2) is 4.79 Å². The van der Waals surface area contributed by atoms with Gasteiger partial charge in [0.15, 0.2) is 0 Å². The third-order valence-electron chi connectivity index (χ3n) is 4.24. The molecule has 2 amide bonds. The Morgan fingerprint density at radius 3 is 2.62 bits per heavy atom. The van der Waals surface area contributed by atoms with Crippen molar-refractivity contribution < 1.29 is 19.1 Å². The summed E-state index contributed by atoms with van der Waals surface area (Å²) in [7, 11) is 1.35. The van der Waals surface area contributed by atoms with E-state index in [-0.39, 0.29) is 11.9 Å². The Balaban J connectivity index is 1.63. The molecule has 2 rings (SSSR count). The van der Waals surface area contributed by atoms with Crippen LogP contribution in [0, 0.1) is 6.92 Å². The van der Waals surface area contributed by atoms with Crippen molar-refractivity contribution in [3.63, 3.8) is 0 Å². The molecule has 0 aliphatic carbocycles. The van der Waals surface area contributed by atoms with Crippen molar-refractivity contribution in [2.75, 3.05) is 26.8 Å². The van der Waals surface area contributed by atoms with Crippen molar-refractivity contribution in [3.05, 3.63) is 29.8 Å². The fourth-order valence-electron chi connectivity index (χ4n) is 2.78. The Kier molecular flexibility index (Phi) is 6.90. The van der Waals surface area contributed by atoms with Gasteiger partial charge < -0.3 is 19.7 Å². The van der Waals surface area contributed by atoms with E-state index < -0.39 is 6.09 Å². The third kappa shape index (κ3) is 5.44. The van der Waals surface area contributed by atoms with Crippen molar-refractivity contribution in [1.82, 2.24) is 10.2 Å². The Bertz CT molecular complexity index is 554. The molecule has 1 fully saturated rings. The molecule has 1 aromatic rings. The van der Waals surface area contributed by atoms with Crippen LogP contribution in [-0.4, -0.2) is 49.7 Å². The molecule has 0 spiro atoms. The normalized spacial score (nSPS) is 15.0. The largest absolute Gasteiger partial charge is 0.493 e. The number of hydrogen-bond donors (Lipinski definition) is 1. The number of alkyl carbamates (subject to hydrolysis) is 1. The number of nitrogens with one attached hydrogen (secondary N) is 1. The Morgan fingerprint density at radius 2 is 1.96 bits per heavy atom. The second kappa shape index (κ2) is 9.15. The van der Waals surface area contributed by atoms with Crippen LogP contribution < -0.4 is 10.1 Å². The van der Waals surface area contributed by atoms with E-state index >= 15 is 0 Å². The van der Waals surface area contributed by atoms with Gasteiger partial charge in [-0.3, -0.25) is 4.79 Å². The van der Waals surface area contributed by atoms with Crippen LogP contribution >= 0.6 is 0 Å². The quantitative estimate of drug-likeness (QED) is 0.812. The van der Waals surface area contributed by atoms with Gasteiger partial charge in [-0.05, 0) is 37.8 Å². The Labute approximate surface area is 143 Å². The number of rotatable bonds is 6. The summed E-state index contributed by atoms with van der Waals surface area (Å²) >= 11 is 0. The molecule has 0 saturated carbocycles. The van der Waals surface area contributed by atoms with Gasteiger partial charge in [-0.2, -0.15) is 0 Å². The lowest BCUT2D eigenvalue weighted by Gasteiger charge is -2.32. The summed E-state index contributed by atoms with van der Waals surface area (Å²) < 4.78 is 10.3. The minimum absolute atomic E-state index is 0.0888. The maximum atomic E-state index is 12.2. The van der Waals surface area contributed by atoms with Crippen molar-refractivity contribution in [1.29, 1.82) is 0 Å². The monoisotopic (exact) mass is 334 g/mol. The molecule has 6 heteroatoms. The molecule has 0 radical (unpaired) electrons. The van der Waals surface area contributed by atoms with E-state index in [9.17, 15) is 9.59 Å². The fraction of sp³-hybridized carbons (Fsp3) is 0.556. The minimum atomic E-state index is -0.409. The highest BCUT2D eigenvalue weighted by atomic mass is 16.5. The second-order valence-electron chi connectivity index (χ2n) is 6.01. The predicted molar refractivity (Wildman–Crippen MR) is 91.1 cm³/mol. The van der Waals surface area contributed by atoms with E-state index in [1.165, 1.54) is 7.11 Å². The lowest BCUT2D eigenvalue weighted by atomic mass is 10.0. The first-order valence-electron chi connectivity index (χ1n) is 8.41. The van der Waals surface area contributed by atoms with Gasteiger partial charge in [-0.1, -0.05) is 18.2 Å². The van der Waals surface area contributed by atoms with Gasteiger partial charge in [0.25, 0.3) is 0 Å². The number of carbonyl (C=O) groups excluding carboxylic acids is 2. The van der Waals surface area contributed by atoms with Gasteiger partial charge in [-0.15, -0.1) is 0 Å². The highest BCUT2D eigenvalue weighted by Gasteiger charge is 2.23. The lowest BCUT2D eigenvalue weighted by molar-refractivity contribution is -0.132. The molecular formula is C18H26N2O4. The molecular weight excluding hydrogens is 308 g/mol. The molecule has 0 bridgehead atoms. The summed E-state index contributed by atoms with van der Waals surface area (Å²) in [6.45, 7) is 3.89.